The van der Waals surface area contributed by atoms with Crippen molar-refractivity contribution < 1.29 is 19.0 Å². The quantitative estimate of drug-likeness (QED) is 0.300. The molecule has 0 amide bonds. The molecule has 0 spiro atoms. The summed E-state index contributed by atoms with van der Waals surface area (Å²) in [5, 5.41) is 0. The van der Waals surface area contributed by atoms with E-state index in [1.54, 1.807) is 6.92 Å². The van der Waals surface area contributed by atoms with Gasteiger partial charge in [0.15, 0.2) is 0 Å². The Morgan fingerprint density at radius 1 is 1.56 bits per heavy atom. The molecule has 0 N–H and O–H groups in total. The fraction of sp³-hybridized carbons (Fsp3) is 0.583. The molecule has 1 aliphatic heterocycles. The highest BCUT2D eigenvalue weighted by Crippen LogP contribution is 2.20. The summed E-state index contributed by atoms with van der Waals surface area (Å²) < 4.78 is 15.4. The van der Waals surface area contributed by atoms with E-state index in [-0.39, 0.29) is 6.10 Å². The van der Waals surface area contributed by atoms with Gasteiger partial charge in [0.1, 0.15) is 0 Å². The van der Waals surface area contributed by atoms with Gasteiger partial charge in [0.25, 0.3) is 0 Å². The molecule has 0 bridgehead atoms. The maximum atomic E-state index is 11.5. The number of hydrogen-bond acceptors (Lipinski definition) is 4. The van der Waals surface area contributed by atoms with Crippen LogP contribution in [0.25, 0.3) is 0 Å². The summed E-state index contributed by atoms with van der Waals surface area (Å²) in [6, 6.07) is 0. The van der Waals surface area contributed by atoms with Gasteiger partial charge >= 0.3 is 5.97 Å². The minimum absolute atomic E-state index is 0.180. The summed E-state index contributed by atoms with van der Waals surface area (Å²) in [4.78, 5) is 11.5. The van der Waals surface area contributed by atoms with Crippen LogP contribution in [0.15, 0.2) is 24.3 Å². The molecule has 1 fully saturated rings. The summed E-state index contributed by atoms with van der Waals surface area (Å²) in [5.41, 5.74) is 1.24. The molecule has 0 saturated carbocycles. The second kappa shape index (κ2) is 5.82. The maximum Gasteiger partial charge on any atom is 0.338 e. The van der Waals surface area contributed by atoms with Gasteiger partial charge in [-0.25, -0.2) is 4.79 Å². The summed E-state index contributed by atoms with van der Waals surface area (Å²) in [5.74, 6) is -0.459. The second-order valence-electron chi connectivity index (χ2n) is 3.91. The zero-order valence-corrected chi connectivity index (χ0v) is 9.82. The van der Waals surface area contributed by atoms with Crippen molar-refractivity contribution in [2.75, 3.05) is 13.2 Å². The largest absolute Gasteiger partial charge is 0.433 e. The van der Waals surface area contributed by atoms with Crippen molar-refractivity contribution in [3.05, 3.63) is 24.3 Å². The molecule has 1 rings (SSSR count). The van der Waals surface area contributed by atoms with Crippen LogP contribution in [-0.4, -0.2) is 31.6 Å². The summed E-state index contributed by atoms with van der Waals surface area (Å²) >= 11 is 0. The lowest BCUT2D eigenvalue weighted by atomic mass is 10.1. The highest BCUT2D eigenvalue weighted by Gasteiger charge is 2.27. The van der Waals surface area contributed by atoms with Gasteiger partial charge in [-0.2, -0.15) is 0 Å². The molecule has 1 heterocycles. The van der Waals surface area contributed by atoms with Gasteiger partial charge in [-0.15, -0.1) is 0 Å². The smallest absolute Gasteiger partial charge is 0.338 e. The minimum Gasteiger partial charge on any atom is -0.433 e. The lowest BCUT2D eigenvalue weighted by Gasteiger charge is -2.27. The number of esters is 1. The Hall–Kier alpha value is -1.13. The van der Waals surface area contributed by atoms with E-state index in [0.717, 1.165) is 12.0 Å². The van der Waals surface area contributed by atoms with Crippen molar-refractivity contribution in [3.63, 3.8) is 0 Å². The molecule has 0 aliphatic carbocycles. The van der Waals surface area contributed by atoms with Gasteiger partial charge in [0.2, 0.25) is 6.29 Å². The number of hydrogen-bond donors (Lipinski definition) is 0. The molecule has 2 unspecified atom stereocenters. The van der Waals surface area contributed by atoms with Crippen LogP contribution in [0.4, 0.5) is 0 Å². The molecule has 16 heavy (non-hydrogen) atoms. The third-order valence-electron chi connectivity index (χ3n) is 2.19. The van der Waals surface area contributed by atoms with Gasteiger partial charge < -0.3 is 14.2 Å². The molecule has 0 radical (unpaired) electrons. The van der Waals surface area contributed by atoms with Crippen LogP contribution in [0, 0.1) is 0 Å². The maximum absolute atomic E-state index is 11.5. The number of carbonyl (C=O) groups excluding carboxylic acids is 1. The van der Waals surface area contributed by atoms with E-state index in [1.165, 1.54) is 0 Å². The fourth-order valence-electron chi connectivity index (χ4n) is 1.16. The van der Waals surface area contributed by atoms with Crippen LogP contribution in [0.5, 0.6) is 0 Å². The number of carbonyl (C=O) groups is 1. The van der Waals surface area contributed by atoms with E-state index < -0.39 is 12.3 Å². The van der Waals surface area contributed by atoms with Crippen molar-refractivity contribution in [1.82, 2.24) is 0 Å². The van der Waals surface area contributed by atoms with E-state index in [2.05, 4.69) is 13.2 Å². The molecule has 0 aromatic carbocycles. The van der Waals surface area contributed by atoms with Crippen molar-refractivity contribution in [2.24, 2.45) is 0 Å². The van der Waals surface area contributed by atoms with Gasteiger partial charge in [-0.3, -0.25) is 0 Å². The molecule has 4 heteroatoms. The Bertz CT molecular complexity index is 291. The molecule has 0 aromatic rings. The van der Waals surface area contributed by atoms with Gasteiger partial charge in [-0.1, -0.05) is 18.7 Å². The highest BCUT2D eigenvalue weighted by molar-refractivity contribution is 5.89. The van der Waals surface area contributed by atoms with E-state index in [1.807, 2.05) is 6.92 Å². The minimum atomic E-state index is -0.596. The molecule has 1 saturated heterocycles. The van der Waals surface area contributed by atoms with E-state index >= 15 is 0 Å². The first-order chi connectivity index (χ1) is 7.50. The average Bonchev–Trinajstić information content (AvgIpc) is 2.11. The van der Waals surface area contributed by atoms with Crippen molar-refractivity contribution in [1.29, 1.82) is 0 Å². The monoisotopic (exact) mass is 226 g/mol. The number of ether oxygens (including phenoxy) is 3. The Labute approximate surface area is 95.9 Å². The normalized spacial score (nSPS) is 20.8. The van der Waals surface area contributed by atoms with Crippen LogP contribution in [0.3, 0.4) is 0 Å². The van der Waals surface area contributed by atoms with E-state index in [9.17, 15) is 4.79 Å². The zero-order valence-electron chi connectivity index (χ0n) is 9.82. The Morgan fingerprint density at radius 2 is 2.19 bits per heavy atom. The predicted molar refractivity (Wildman–Crippen MR) is 59.8 cm³/mol. The highest BCUT2D eigenvalue weighted by atomic mass is 16.7. The SMILES string of the molecule is C=C(C)COC(C)OC(=O)C(=C)C1CCO1. The Balaban J connectivity index is 2.26. The third-order valence-corrected chi connectivity index (χ3v) is 2.19. The standard InChI is InChI=1S/C12H18O4/c1-8(2)7-15-10(4)16-12(13)9(3)11-5-6-14-11/h10-11H,1,3,5-7H2,2,4H3. The summed E-state index contributed by atoms with van der Waals surface area (Å²) in [6.45, 7) is 11.9. The van der Waals surface area contributed by atoms with Crippen molar-refractivity contribution >= 4 is 5.97 Å². The third kappa shape index (κ3) is 3.79. The molecule has 2 atom stereocenters. The fourth-order valence-corrected chi connectivity index (χ4v) is 1.16. The molecule has 0 aromatic heterocycles. The Morgan fingerprint density at radius 3 is 2.62 bits per heavy atom. The van der Waals surface area contributed by atoms with E-state index in [4.69, 9.17) is 14.2 Å². The van der Waals surface area contributed by atoms with Gasteiger partial charge in [0, 0.05) is 6.42 Å². The first-order valence-electron chi connectivity index (χ1n) is 5.28. The number of rotatable bonds is 6. The topological polar surface area (TPSA) is 44.8 Å². The molecule has 90 valence electrons. The average molecular weight is 226 g/mol. The predicted octanol–water partition coefficient (Wildman–Crippen LogP) is 1.81. The molecular weight excluding hydrogens is 208 g/mol. The van der Waals surface area contributed by atoms with Crippen LogP contribution >= 0.6 is 0 Å². The van der Waals surface area contributed by atoms with Crippen molar-refractivity contribution in [3.8, 4) is 0 Å². The summed E-state index contributed by atoms with van der Waals surface area (Å²) in [7, 11) is 0. The molecule has 4 nitrogen and oxygen atoms in total. The molecule has 1 aliphatic rings. The lowest BCUT2D eigenvalue weighted by Crippen LogP contribution is -2.33. The summed E-state index contributed by atoms with van der Waals surface area (Å²) in [6.07, 6.45) is 0.0523. The van der Waals surface area contributed by atoms with Gasteiger partial charge in [0.05, 0.1) is 24.9 Å². The van der Waals surface area contributed by atoms with Crippen LogP contribution in [0.1, 0.15) is 20.3 Å². The Kier molecular flexibility index (Phi) is 4.71. The second-order valence-corrected chi connectivity index (χ2v) is 3.91. The van der Waals surface area contributed by atoms with Gasteiger partial charge in [-0.05, 0) is 13.8 Å². The molecular formula is C12H18O4. The van der Waals surface area contributed by atoms with Crippen molar-refractivity contribution in [2.45, 2.75) is 32.7 Å². The van der Waals surface area contributed by atoms with Crippen LogP contribution in [0.2, 0.25) is 0 Å². The van der Waals surface area contributed by atoms with Crippen LogP contribution < -0.4 is 0 Å². The first kappa shape index (κ1) is 12.9. The zero-order chi connectivity index (χ0) is 12.1. The lowest BCUT2D eigenvalue weighted by molar-refractivity contribution is -0.171. The van der Waals surface area contributed by atoms with E-state index in [0.29, 0.717) is 18.8 Å². The first-order valence-corrected chi connectivity index (χ1v) is 5.28. The van der Waals surface area contributed by atoms with Crippen LogP contribution in [-0.2, 0) is 19.0 Å².